The highest BCUT2D eigenvalue weighted by Crippen LogP contribution is 2.26. The van der Waals surface area contributed by atoms with Crippen LogP contribution in [0.15, 0.2) is 60.7 Å². The largest absolute Gasteiger partial charge is 0.350 e. The number of aryl methyl sites for hydroxylation is 2. The molecule has 3 aromatic carbocycles. The van der Waals surface area contributed by atoms with E-state index in [0.717, 1.165) is 33.7 Å². The van der Waals surface area contributed by atoms with Crippen molar-refractivity contribution in [2.45, 2.75) is 33.4 Å². The number of sulfonamides is 1. The van der Waals surface area contributed by atoms with E-state index in [0.29, 0.717) is 12.2 Å². The Bertz CT molecular complexity index is 1160. The second kappa shape index (κ2) is 8.25. The summed E-state index contributed by atoms with van der Waals surface area (Å²) in [4.78, 5) is 12.8. The van der Waals surface area contributed by atoms with Gasteiger partial charge in [0.2, 0.25) is 15.9 Å². The van der Waals surface area contributed by atoms with Crippen molar-refractivity contribution >= 4 is 32.4 Å². The Morgan fingerprint density at radius 1 is 1.00 bits per heavy atom. The van der Waals surface area contributed by atoms with Crippen molar-refractivity contribution in [1.29, 1.82) is 0 Å². The third-order valence-electron chi connectivity index (χ3n) is 4.97. The zero-order valence-corrected chi connectivity index (χ0v) is 18.0. The molecule has 29 heavy (non-hydrogen) atoms. The van der Waals surface area contributed by atoms with Gasteiger partial charge in [-0.3, -0.25) is 9.10 Å². The first-order chi connectivity index (χ1) is 13.7. The summed E-state index contributed by atoms with van der Waals surface area (Å²) in [6, 6.07) is 18.7. The molecular weight excluding hydrogens is 384 g/mol. The maximum absolute atomic E-state index is 12.8. The van der Waals surface area contributed by atoms with Gasteiger partial charge in [-0.1, -0.05) is 48.5 Å². The number of benzene rings is 3. The van der Waals surface area contributed by atoms with Crippen molar-refractivity contribution in [3.63, 3.8) is 0 Å². The van der Waals surface area contributed by atoms with Gasteiger partial charge >= 0.3 is 0 Å². The topological polar surface area (TPSA) is 66.5 Å². The van der Waals surface area contributed by atoms with Crippen molar-refractivity contribution in [2.75, 3.05) is 10.6 Å². The van der Waals surface area contributed by atoms with E-state index in [4.69, 9.17) is 0 Å². The molecule has 0 heterocycles. The summed E-state index contributed by atoms with van der Waals surface area (Å²) in [5.74, 6) is -0.343. The number of hydrogen-bond acceptors (Lipinski definition) is 3. The van der Waals surface area contributed by atoms with E-state index in [-0.39, 0.29) is 5.91 Å². The molecule has 3 aromatic rings. The molecule has 0 spiro atoms. The molecule has 0 aliphatic heterocycles. The van der Waals surface area contributed by atoms with Gasteiger partial charge in [0.1, 0.15) is 6.04 Å². The fraction of sp³-hybridized carbons (Fsp3) is 0.261. The summed E-state index contributed by atoms with van der Waals surface area (Å²) in [6.07, 6.45) is 1.13. The first-order valence-corrected chi connectivity index (χ1v) is 11.3. The first-order valence-electron chi connectivity index (χ1n) is 9.49. The summed E-state index contributed by atoms with van der Waals surface area (Å²) in [5.41, 5.74) is 3.22. The van der Waals surface area contributed by atoms with Gasteiger partial charge in [-0.15, -0.1) is 0 Å². The van der Waals surface area contributed by atoms with Gasteiger partial charge in [-0.2, -0.15) is 0 Å². The average molecular weight is 411 g/mol. The quantitative estimate of drug-likeness (QED) is 0.670. The Balaban J connectivity index is 1.81. The predicted octanol–water partition coefficient (Wildman–Crippen LogP) is 3.93. The zero-order valence-electron chi connectivity index (χ0n) is 17.1. The first kappa shape index (κ1) is 20.9. The smallest absolute Gasteiger partial charge is 0.243 e. The minimum absolute atomic E-state index is 0.332. The van der Waals surface area contributed by atoms with Crippen molar-refractivity contribution < 1.29 is 13.2 Å². The standard InChI is InChI=1S/C23H26N2O3S/c1-16-9-10-17(2)22(13-16)25(29(4,27)28)18(3)23(26)24-15-19-11-12-20-7-5-6-8-21(20)14-19/h5-14,18H,15H2,1-4H3,(H,24,26)/t18-/m1/s1. The number of anilines is 1. The molecule has 6 heteroatoms. The third-order valence-corrected chi connectivity index (χ3v) is 6.20. The van der Waals surface area contributed by atoms with Crippen LogP contribution in [-0.2, 0) is 21.4 Å². The van der Waals surface area contributed by atoms with Crippen LogP contribution in [-0.4, -0.2) is 26.6 Å². The van der Waals surface area contributed by atoms with Gasteiger partial charge in [0.25, 0.3) is 0 Å². The highest BCUT2D eigenvalue weighted by Gasteiger charge is 2.30. The number of fused-ring (bicyclic) bond motifs is 1. The minimum Gasteiger partial charge on any atom is -0.350 e. The van der Waals surface area contributed by atoms with Gasteiger partial charge in [-0.25, -0.2) is 8.42 Å². The van der Waals surface area contributed by atoms with Gasteiger partial charge in [0.15, 0.2) is 0 Å². The number of hydrogen-bond donors (Lipinski definition) is 1. The molecule has 0 saturated carbocycles. The van der Waals surface area contributed by atoms with E-state index in [1.807, 2.05) is 68.4 Å². The molecule has 0 aliphatic rings. The number of nitrogens with zero attached hydrogens (tertiary/aromatic N) is 1. The van der Waals surface area contributed by atoms with Crippen LogP contribution >= 0.6 is 0 Å². The maximum Gasteiger partial charge on any atom is 0.243 e. The van der Waals surface area contributed by atoms with Crippen LogP contribution in [0.25, 0.3) is 10.8 Å². The van der Waals surface area contributed by atoms with Crippen LogP contribution in [0.2, 0.25) is 0 Å². The van der Waals surface area contributed by atoms with E-state index < -0.39 is 16.1 Å². The Hall–Kier alpha value is -2.86. The van der Waals surface area contributed by atoms with Crippen LogP contribution in [0.5, 0.6) is 0 Å². The van der Waals surface area contributed by atoms with Gasteiger partial charge in [-0.05, 0) is 60.4 Å². The third kappa shape index (κ3) is 4.77. The summed E-state index contributed by atoms with van der Waals surface area (Å²) in [7, 11) is -3.64. The van der Waals surface area contributed by atoms with Crippen molar-refractivity contribution in [3.8, 4) is 0 Å². The molecule has 1 atom stereocenters. The van der Waals surface area contributed by atoms with Crippen LogP contribution in [0.1, 0.15) is 23.6 Å². The van der Waals surface area contributed by atoms with Crippen LogP contribution in [0.3, 0.4) is 0 Å². The number of carbonyl (C=O) groups excluding carboxylic acids is 1. The van der Waals surface area contributed by atoms with Crippen LogP contribution in [0.4, 0.5) is 5.69 Å². The van der Waals surface area contributed by atoms with E-state index in [2.05, 4.69) is 5.32 Å². The lowest BCUT2D eigenvalue weighted by molar-refractivity contribution is -0.122. The highest BCUT2D eigenvalue weighted by atomic mass is 32.2. The summed E-state index contributed by atoms with van der Waals surface area (Å²) in [6.45, 7) is 5.68. The van der Waals surface area contributed by atoms with Crippen LogP contribution in [0, 0.1) is 13.8 Å². The molecule has 0 unspecified atom stereocenters. The molecular formula is C23H26N2O3S. The fourth-order valence-corrected chi connectivity index (χ4v) is 4.65. The van der Waals surface area contributed by atoms with Gasteiger partial charge in [0, 0.05) is 6.54 Å². The number of nitrogens with one attached hydrogen (secondary N) is 1. The SMILES string of the molecule is Cc1ccc(C)c(N([C@H](C)C(=O)NCc2ccc3ccccc3c2)S(C)(=O)=O)c1. The molecule has 152 valence electrons. The van der Waals surface area contributed by atoms with E-state index in [1.54, 1.807) is 13.0 Å². The van der Waals surface area contributed by atoms with Crippen molar-refractivity contribution in [1.82, 2.24) is 5.32 Å². The van der Waals surface area contributed by atoms with E-state index >= 15 is 0 Å². The Kier molecular flexibility index (Phi) is 5.94. The van der Waals surface area contributed by atoms with Crippen molar-refractivity contribution in [3.05, 3.63) is 77.4 Å². The second-order valence-electron chi connectivity index (χ2n) is 7.42. The lowest BCUT2D eigenvalue weighted by Gasteiger charge is -2.29. The molecule has 0 radical (unpaired) electrons. The van der Waals surface area contributed by atoms with E-state index in [9.17, 15) is 13.2 Å². The number of amides is 1. The predicted molar refractivity (Wildman–Crippen MR) is 118 cm³/mol. The summed E-state index contributed by atoms with van der Waals surface area (Å²) < 4.78 is 26.2. The Labute approximate surface area is 172 Å². The zero-order chi connectivity index (χ0) is 21.2. The number of carbonyl (C=O) groups is 1. The lowest BCUT2D eigenvalue weighted by Crippen LogP contribution is -2.48. The molecule has 3 rings (SSSR count). The molecule has 0 aromatic heterocycles. The normalized spacial score (nSPS) is 12.6. The summed E-state index contributed by atoms with van der Waals surface area (Å²) >= 11 is 0. The molecule has 1 N–H and O–H groups in total. The lowest BCUT2D eigenvalue weighted by atomic mass is 10.1. The second-order valence-corrected chi connectivity index (χ2v) is 9.28. The average Bonchev–Trinajstić information content (AvgIpc) is 2.67. The molecule has 0 aliphatic carbocycles. The highest BCUT2D eigenvalue weighted by molar-refractivity contribution is 7.92. The van der Waals surface area contributed by atoms with E-state index in [1.165, 1.54) is 4.31 Å². The Morgan fingerprint density at radius 3 is 2.38 bits per heavy atom. The van der Waals surface area contributed by atoms with Crippen LogP contribution < -0.4 is 9.62 Å². The summed E-state index contributed by atoms with van der Waals surface area (Å²) in [5, 5.41) is 5.11. The van der Waals surface area contributed by atoms with Gasteiger partial charge in [0.05, 0.1) is 11.9 Å². The molecule has 1 amide bonds. The molecule has 0 saturated heterocycles. The molecule has 0 bridgehead atoms. The monoisotopic (exact) mass is 410 g/mol. The number of rotatable bonds is 6. The van der Waals surface area contributed by atoms with Gasteiger partial charge < -0.3 is 5.32 Å². The molecule has 5 nitrogen and oxygen atoms in total. The van der Waals surface area contributed by atoms with Crippen molar-refractivity contribution in [2.24, 2.45) is 0 Å². The maximum atomic E-state index is 12.8. The Morgan fingerprint density at radius 2 is 1.69 bits per heavy atom. The molecule has 0 fully saturated rings. The minimum atomic E-state index is -3.64. The fourth-order valence-electron chi connectivity index (χ4n) is 3.42.